The van der Waals surface area contributed by atoms with Crippen LogP contribution in [0.2, 0.25) is 0 Å². The lowest BCUT2D eigenvalue weighted by Crippen LogP contribution is -2.30. The number of phosphoric acid groups is 2. The number of carbonyl (C=O) groups excluding carboxylic acids is 4. The fourth-order valence-electron chi connectivity index (χ4n) is 12.2. The molecule has 582 valence electrons. The van der Waals surface area contributed by atoms with Gasteiger partial charge in [0.05, 0.1) is 26.4 Å². The Morgan fingerprint density at radius 3 is 0.694 bits per heavy atom. The van der Waals surface area contributed by atoms with Gasteiger partial charge < -0.3 is 33.8 Å². The third-order valence-corrected chi connectivity index (χ3v) is 20.4. The number of phosphoric ester groups is 2. The Kier molecular flexibility index (Phi) is 70.6. The van der Waals surface area contributed by atoms with E-state index in [-0.39, 0.29) is 25.7 Å². The second-order valence-electron chi connectivity index (χ2n) is 28.9. The summed E-state index contributed by atoms with van der Waals surface area (Å²) >= 11 is 0. The van der Waals surface area contributed by atoms with Crippen molar-refractivity contribution in [3.05, 3.63) is 0 Å². The highest BCUT2D eigenvalue weighted by atomic mass is 31.2. The van der Waals surface area contributed by atoms with Gasteiger partial charge in [-0.2, -0.15) is 0 Å². The van der Waals surface area contributed by atoms with Crippen LogP contribution in [-0.4, -0.2) is 96.7 Å². The average molecular weight is 1440 g/mol. The van der Waals surface area contributed by atoms with Crippen LogP contribution in [0.3, 0.4) is 0 Å². The fourth-order valence-corrected chi connectivity index (χ4v) is 13.8. The Morgan fingerprint density at radius 1 is 0.276 bits per heavy atom. The first-order chi connectivity index (χ1) is 47.5. The van der Waals surface area contributed by atoms with E-state index in [0.717, 1.165) is 95.8 Å². The zero-order valence-corrected chi connectivity index (χ0v) is 65.7. The van der Waals surface area contributed by atoms with E-state index >= 15 is 0 Å². The Balaban J connectivity index is 5.16. The molecule has 0 saturated carbocycles. The van der Waals surface area contributed by atoms with Crippen LogP contribution in [0.5, 0.6) is 0 Å². The van der Waals surface area contributed by atoms with Gasteiger partial charge >= 0.3 is 39.5 Å². The summed E-state index contributed by atoms with van der Waals surface area (Å²) in [5.41, 5.74) is 0. The lowest BCUT2D eigenvalue weighted by atomic mass is 10.0. The molecular formula is C79H154O17P2. The van der Waals surface area contributed by atoms with Crippen molar-refractivity contribution < 1.29 is 80.2 Å². The van der Waals surface area contributed by atoms with E-state index < -0.39 is 97.5 Å². The molecule has 0 bridgehead atoms. The zero-order valence-electron chi connectivity index (χ0n) is 63.9. The molecule has 2 unspecified atom stereocenters. The molecule has 17 nitrogen and oxygen atoms in total. The molecule has 19 heteroatoms. The third kappa shape index (κ3) is 72.4. The van der Waals surface area contributed by atoms with Crippen molar-refractivity contribution in [2.45, 2.75) is 438 Å². The predicted octanol–water partition coefficient (Wildman–Crippen LogP) is 23.6. The van der Waals surface area contributed by atoms with Gasteiger partial charge in [0, 0.05) is 25.7 Å². The van der Waals surface area contributed by atoms with E-state index in [1.807, 2.05) is 0 Å². The maximum absolute atomic E-state index is 13.1. The molecule has 0 radical (unpaired) electrons. The summed E-state index contributed by atoms with van der Waals surface area (Å²) in [7, 11) is -9.91. The van der Waals surface area contributed by atoms with Gasteiger partial charge in [0.1, 0.15) is 19.3 Å². The highest BCUT2D eigenvalue weighted by molar-refractivity contribution is 7.47. The Bertz CT molecular complexity index is 1870. The van der Waals surface area contributed by atoms with Gasteiger partial charge in [0.15, 0.2) is 12.2 Å². The SMILES string of the molecule is CCCCCCCCCCCCCCCCCCCCCCCC(=O)O[C@H](COC(=O)CCCCCCCCCCCCCCCCCCC(C)C)COP(=O)(O)OC[C@@H](O)COP(=O)(O)OC[C@@H](COC(=O)CCCCCCCCCCC)OC(=O)CCCCCCCCCCC. The number of esters is 4. The lowest BCUT2D eigenvalue weighted by Gasteiger charge is -2.21. The molecule has 0 aliphatic carbocycles. The van der Waals surface area contributed by atoms with Crippen molar-refractivity contribution in [1.29, 1.82) is 0 Å². The molecule has 0 rings (SSSR count). The quantitative estimate of drug-likeness (QED) is 0.0222. The number of aliphatic hydroxyl groups excluding tert-OH is 1. The number of hydrogen-bond acceptors (Lipinski definition) is 15. The second kappa shape index (κ2) is 72.0. The van der Waals surface area contributed by atoms with Crippen LogP contribution >= 0.6 is 15.6 Å². The molecule has 3 N–H and O–H groups in total. The summed E-state index contributed by atoms with van der Waals surface area (Å²) in [5.74, 6) is -1.30. The van der Waals surface area contributed by atoms with Crippen molar-refractivity contribution in [2.75, 3.05) is 39.6 Å². The first kappa shape index (κ1) is 96.1. The maximum Gasteiger partial charge on any atom is 0.472 e. The lowest BCUT2D eigenvalue weighted by molar-refractivity contribution is -0.161. The number of hydrogen-bond donors (Lipinski definition) is 3. The van der Waals surface area contributed by atoms with Gasteiger partial charge in [-0.15, -0.1) is 0 Å². The van der Waals surface area contributed by atoms with Crippen LogP contribution in [-0.2, 0) is 65.4 Å². The van der Waals surface area contributed by atoms with Crippen molar-refractivity contribution >= 4 is 39.5 Å². The number of aliphatic hydroxyl groups is 1. The maximum atomic E-state index is 13.1. The largest absolute Gasteiger partial charge is 0.472 e. The van der Waals surface area contributed by atoms with Crippen molar-refractivity contribution in [3.8, 4) is 0 Å². The first-order valence-corrected chi connectivity index (χ1v) is 44.1. The predicted molar refractivity (Wildman–Crippen MR) is 400 cm³/mol. The molecule has 5 atom stereocenters. The Labute approximate surface area is 600 Å². The summed E-state index contributed by atoms with van der Waals surface area (Å²) in [4.78, 5) is 72.8. The van der Waals surface area contributed by atoms with Crippen molar-refractivity contribution in [2.24, 2.45) is 5.92 Å². The molecule has 0 heterocycles. The molecule has 0 aromatic rings. The molecule has 0 amide bonds. The van der Waals surface area contributed by atoms with Gasteiger partial charge in [-0.3, -0.25) is 37.3 Å². The molecule has 98 heavy (non-hydrogen) atoms. The Morgan fingerprint density at radius 2 is 0.469 bits per heavy atom. The van der Waals surface area contributed by atoms with Crippen LogP contribution in [0.15, 0.2) is 0 Å². The first-order valence-electron chi connectivity index (χ1n) is 41.1. The smallest absolute Gasteiger partial charge is 0.462 e. The minimum Gasteiger partial charge on any atom is -0.462 e. The van der Waals surface area contributed by atoms with E-state index in [0.29, 0.717) is 25.7 Å². The summed E-state index contributed by atoms with van der Waals surface area (Å²) < 4.78 is 68.5. The van der Waals surface area contributed by atoms with Gasteiger partial charge in [-0.25, -0.2) is 9.13 Å². The van der Waals surface area contributed by atoms with E-state index in [2.05, 4.69) is 34.6 Å². The van der Waals surface area contributed by atoms with Gasteiger partial charge in [0.2, 0.25) is 0 Å². The fraction of sp³-hybridized carbons (Fsp3) is 0.949. The molecule has 0 aliphatic heterocycles. The molecule has 0 saturated heterocycles. The standard InChI is InChI=1S/C79H154O17P2/c1-6-9-12-15-18-21-22-23-24-25-26-27-28-29-34-37-40-45-50-55-60-65-79(84)96-75(69-90-77(82)63-58-53-48-44-39-36-33-31-30-32-35-38-43-46-51-56-61-72(4)5)71-94-98(87,88)92-67-73(80)66-91-97(85,86)93-70-74(95-78(83)64-59-54-49-42-20-17-14-11-8-3)68-89-76(81)62-57-52-47-41-19-16-13-10-7-2/h72-75,80H,6-71H2,1-5H3,(H,85,86)(H,87,88)/t73-,74+,75+/m0/s1. The van der Waals surface area contributed by atoms with E-state index in [9.17, 15) is 43.2 Å². The monoisotopic (exact) mass is 1440 g/mol. The van der Waals surface area contributed by atoms with E-state index in [1.165, 1.54) is 244 Å². The van der Waals surface area contributed by atoms with Crippen LogP contribution in [0, 0.1) is 5.92 Å². The molecule has 0 fully saturated rings. The summed E-state index contributed by atoms with van der Waals surface area (Å²) in [6.45, 7) is 7.30. The molecule has 0 aliphatic rings. The van der Waals surface area contributed by atoms with Crippen molar-refractivity contribution in [3.63, 3.8) is 0 Å². The molecule has 0 aromatic carbocycles. The minimum atomic E-state index is -4.96. The van der Waals surface area contributed by atoms with Gasteiger partial charge in [0.25, 0.3) is 0 Å². The Hall–Kier alpha value is -1.94. The number of carbonyl (C=O) groups is 4. The van der Waals surface area contributed by atoms with Crippen molar-refractivity contribution in [1.82, 2.24) is 0 Å². The summed E-state index contributed by atoms with van der Waals surface area (Å²) in [5, 5.41) is 10.6. The van der Waals surface area contributed by atoms with Crippen LogP contribution < -0.4 is 0 Å². The minimum absolute atomic E-state index is 0.106. The third-order valence-electron chi connectivity index (χ3n) is 18.5. The second-order valence-corrected chi connectivity index (χ2v) is 31.8. The van der Waals surface area contributed by atoms with Gasteiger partial charge in [-0.1, -0.05) is 369 Å². The summed E-state index contributed by atoms with van der Waals surface area (Å²) in [6, 6.07) is 0. The van der Waals surface area contributed by atoms with E-state index in [4.69, 9.17) is 37.0 Å². The van der Waals surface area contributed by atoms with Gasteiger partial charge in [-0.05, 0) is 31.6 Å². The average Bonchev–Trinajstić information content (AvgIpc) is 1.01. The zero-order chi connectivity index (χ0) is 71.9. The van der Waals surface area contributed by atoms with E-state index in [1.54, 1.807) is 0 Å². The topological polar surface area (TPSA) is 237 Å². The molecule has 0 spiro atoms. The normalized spacial score (nSPS) is 13.9. The van der Waals surface area contributed by atoms with Crippen LogP contribution in [0.4, 0.5) is 0 Å². The summed E-state index contributed by atoms with van der Waals surface area (Å²) in [6.07, 6.45) is 62.7. The molecule has 0 aromatic heterocycles. The number of rotatable bonds is 79. The number of unbranched alkanes of at least 4 members (excludes halogenated alkanes) is 51. The van der Waals surface area contributed by atoms with Crippen LogP contribution in [0.25, 0.3) is 0 Å². The molecular weight excluding hydrogens is 1280 g/mol. The van der Waals surface area contributed by atoms with Crippen LogP contribution in [0.1, 0.15) is 420 Å². The highest BCUT2D eigenvalue weighted by Crippen LogP contribution is 2.45. The highest BCUT2D eigenvalue weighted by Gasteiger charge is 2.30. The number of ether oxygens (including phenoxy) is 4.